The van der Waals surface area contributed by atoms with Crippen molar-refractivity contribution < 1.29 is 13.7 Å². The van der Waals surface area contributed by atoms with Gasteiger partial charge in [-0.3, -0.25) is 4.79 Å². The quantitative estimate of drug-likeness (QED) is 0.571. The Bertz CT molecular complexity index is 1120. The molecule has 178 valence electrons. The van der Waals surface area contributed by atoms with Crippen molar-refractivity contribution in [2.75, 3.05) is 26.2 Å². The van der Waals surface area contributed by atoms with Gasteiger partial charge in [0.1, 0.15) is 5.82 Å². The Hall–Kier alpha value is -2.52. The fourth-order valence-corrected chi connectivity index (χ4v) is 5.10. The van der Waals surface area contributed by atoms with Gasteiger partial charge in [-0.15, -0.1) is 12.4 Å². The second kappa shape index (κ2) is 9.77. The number of carbonyl (C=O) groups excluding carboxylic acids is 1. The molecule has 0 unspecified atom stereocenters. The number of aryl methyl sites for hydroxylation is 1. The topological polar surface area (TPSA) is 80.3 Å². The molecular formula is C23H30ClFN6O2. The minimum absolute atomic E-state index is 0. The summed E-state index contributed by atoms with van der Waals surface area (Å²) in [7, 11) is 0. The third-order valence-corrected chi connectivity index (χ3v) is 6.98. The molecular weight excluding hydrogens is 447 g/mol. The van der Waals surface area contributed by atoms with Crippen molar-refractivity contribution in [1.82, 2.24) is 29.7 Å². The Morgan fingerprint density at radius 2 is 1.88 bits per heavy atom. The molecule has 2 aliphatic heterocycles. The average Bonchev–Trinajstić information content (AvgIpc) is 3.44. The number of halogens is 2. The van der Waals surface area contributed by atoms with Gasteiger partial charge in [0, 0.05) is 43.4 Å². The molecule has 0 atom stereocenters. The van der Waals surface area contributed by atoms with Crippen LogP contribution in [0.3, 0.4) is 0 Å². The van der Waals surface area contributed by atoms with E-state index in [0.29, 0.717) is 23.4 Å². The number of likely N-dealkylation sites (tertiary alicyclic amines) is 2. The molecule has 2 saturated heterocycles. The van der Waals surface area contributed by atoms with E-state index in [-0.39, 0.29) is 30.0 Å². The zero-order chi connectivity index (χ0) is 22.2. The van der Waals surface area contributed by atoms with Crippen molar-refractivity contribution in [1.29, 1.82) is 0 Å². The second-order valence-electron chi connectivity index (χ2n) is 8.85. The summed E-state index contributed by atoms with van der Waals surface area (Å²) in [5.41, 5.74) is 1.54. The standard InChI is InChI=1S/C23H29FN6O2.ClH/c1-3-20-19-5-4-17(24)14-21(19)30(26-20)23-25-22(32-27-23)16-6-10-29(11-7-16)18-8-12-28(13-9-18)15(2)31;/h4-5,14,16,18H,3,6-13H2,1-2H3;1H. The van der Waals surface area contributed by atoms with Crippen LogP contribution < -0.4 is 0 Å². The lowest BCUT2D eigenvalue weighted by atomic mass is 9.93. The lowest BCUT2D eigenvalue weighted by molar-refractivity contribution is -0.130. The highest BCUT2D eigenvalue weighted by Crippen LogP contribution is 2.31. The van der Waals surface area contributed by atoms with Crippen LogP contribution in [0.1, 0.15) is 57.0 Å². The number of amides is 1. The third kappa shape index (κ3) is 4.61. The highest BCUT2D eigenvalue weighted by Gasteiger charge is 2.31. The molecule has 0 spiro atoms. The average molecular weight is 477 g/mol. The smallest absolute Gasteiger partial charge is 0.291 e. The fraction of sp³-hybridized carbons (Fsp3) is 0.565. The molecule has 8 nitrogen and oxygen atoms in total. The van der Waals surface area contributed by atoms with Gasteiger partial charge in [0.25, 0.3) is 5.95 Å². The highest BCUT2D eigenvalue weighted by atomic mass is 35.5. The molecule has 1 amide bonds. The van der Waals surface area contributed by atoms with E-state index >= 15 is 0 Å². The molecule has 3 aromatic rings. The van der Waals surface area contributed by atoms with Crippen LogP contribution in [0.4, 0.5) is 4.39 Å². The van der Waals surface area contributed by atoms with Gasteiger partial charge in [-0.1, -0.05) is 6.92 Å². The van der Waals surface area contributed by atoms with Crippen molar-refractivity contribution in [3.8, 4) is 5.95 Å². The Balaban J connectivity index is 0.00000259. The monoisotopic (exact) mass is 476 g/mol. The number of hydrogen-bond donors (Lipinski definition) is 0. The summed E-state index contributed by atoms with van der Waals surface area (Å²) in [6.07, 6.45) is 4.74. The van der Waals surface area contributed by atoms with Gasteiger partial charge in [0.05, 0.1) is 11.2 Å². The molecule has 0 bridgehead atoms. The van der Waals surface area contributed by atoms with Gasteiger partial charge >= 0.3 is 0 Å². The third-order valence-electron chi connectivity index (χ3n) is 6.98. The van der Waals surface area contributed by atoms with E-state index in [1.54, 1.807) is 17.7 Å². The molecule has 33 heavy (non-hydrogen) atoms. The van der Waals surface area contributed by atoms with Gasteiger partial charge in [0.2, 0.25) is 11.8 Å². The fourth-order valence-electron chi connectivity index (χ4n) is 5.10. The normalized spacial score (nSPS) is 18.6. The van der Waals surface area contributed by atoms with Crippen LogP contribution in [0.15, 0.2) is 22.7 Å². The van der Waals surface area contributed by atoms with Gasteiger partial charge in [-0.2, -0.15) is 14.8 Å². The van der Waals surface area contributed by atoms with Crippen molar-refractivity contribution in [2.24, 2.45) is 0 Å². The molecule has 0 saturated carbocycles. The van der Waals surface area contributed by atoms with E-state index in [2.05, 4.69) is 20.1 Å². The van der Waals surface area contributed by atoms with Crippen molar-refractivity contribution >= 4 is 29.2 Å². The lowest BCUT2D eigenvalue weighted by Crippen LogP contribution is -2.48. The molecule has 10 heteroatoms. The molecule has 5 rings (SSSR count). The second-order valence-corrected chi connectivity index (χ2v) is 8.85. The Kier molecular flexibility index (Phi) is 6.99. The van der Waals surface area contributed by atoms with Crippen molar-refractivity contribution in [3.05, 3.63) is 35.6 Å². The molecule has 1 aromatic carbocycles. The predicted molar refractivity (Wildman–Crippen MR) is 124 cm³/mol. The van der Waals surface area contributed by atoms with Crippen LogP contribution in [0.2, 0.25) is 0 Å². The number of hydrogen-bond acceptors (Lipinski definition) is 6. The van der Waals surface area contributed by atoms with Gasteiger partial charge < -0.3 is 14.3 Å². The Morgan fingerprint density at radius 3 is 2.55 bits per heavy atom. The van der Waals surface area contributed by atoms with E-state index in [1.165, 1.54) is 12.1 Å². The number of rotatable bonds is 4. The number of piperidine rings is 2. The van der Waals surface area contributed by atoms with Crippen LogP contribution in [0.25, 0.3) is 16.9 Å². The van der Waals surface area contributed by atoms with Gasteiger partial charge in [-0.25, -0.2) is 4.39 Å². The summed E-state index contributed by atoms with van der Waals surface area (Å²) < 4.78 is 21.1. The number of nitrogens with zero attached hydrogens (tertiary/aromatic N) is 6. The minimum Gasteiger partial charge on any atom is -0.343 e. The summed E-state index contributed by atoms with van der Waals surface area (Å²) in [4.78, 5) is 20.7. The maximum Gasteiger partial charge on any atom is 0.291 e. The number of aromatic nitrogens is 4. The van der Waals surface area contributed by atoms with E-state index < -0.39 is 0 Å². The van der Waals surface area contributed by atoms with Crippen molar-refractivity contribution in [2.45, 2.75) is 57.9 Å². The molecule has 2 aromatic heterocycles. The molecule has 0 radical (unpaired) electrons. The molecule has 2 aliphatic rings. The van der Waals surface area contributed by atoms with Crippen molar-refractivity contribution in [3.63, 3.8) is 0 Å². The summed E-state index contributed by atoms with van der Waals surface area (Å²) in [6.45, 7) is 7.35. The van der Waals surface area contributed by atoms with Crippen LogP contribution in [0.5, 0.6) is 0 Å². The first kappa shape index (κ1) is 23.6. The lowest BCUT2D eigenvalue weighted by Gasteiger charge is -2.41. The molecule has 2 fully saturated rings. The summed E-state index contributed by atoms with van der Waals surface area (Å²) in [5.74, 6) is 1.06. The first-order valence-electron chi connectivity index (χ1n) is 11.5. The number of fused-ring (bicyclic) bond motifs is 1. The van der Waals surface area contributed by atoms with E-state index in [1.807, 2.05) is 11.8 Å². The highest BCUT2D eigenvalue weighted by molar-refractivity contribution is 5.85. The van der Waals surface area contributed by atoms with E-state index in [4.69, 9.17) is 4.52 Å². The Labute approximate surface area is 198 Å². The summed E-state index contributed by atoms with van der Waals surface area (Å²) in [5, 5.41) is 9.67. The SMILES string of the molecule is CCc1nn(-c2noc(C3CCN(C4CCN(C(C)=O)CC4)CC3)n2)c2cc(F)ccc12.Cl. The summed E-state index contributed by atoms with van der Waals surface area (Å²) in [6, 6.07) is 5.22. The predicted octanol–water partition coefficient (Wildman–Crippen LogP) is 3.72. The zero-order valence-electron chi connectivity index (χ0n) is 19.0. The maximum atomic E-state index is 13.9. The zero-order valence-corrected chi connectivity index (χ0v) is 19.9. The first-order valence-corrected chi connectivity index (χ1v) is 11.5. The molecule has 4 heterocycles. The number of carbonyl (C=O) groups is 1. The largest absolute Gasteiger partial charge is 0.343 e. The van der Waals surface area contributed by atoms with Crippen LogP contribution in [0, 0.1) is 5.82 Å². The van der Waals surface area contributed by atoms with E-state index in [0.717, 1.165) is 69.4 Å². The van der Waals surface area contributed by atoms with E-state index in [9.17, 15) is 9.18 Å². The summed E-state index contributed by atoms with van der Waals surface area (Å²) >= 11 is 0. The van der Waals surface area contributed by atoms with Gasteiger partial charge in [0.15, 0.2) is 0 Å². The minimum atomic E-state index is -0.313. The van der Waals surface area contributed by atoms with Gasteiger partial charge in [-0.05, 0) is 62.5 Å². The Morgan fingerprint density at radius 1 is 1.15 bits per heavy atom. The molecule has 0 N–H and O–H groups in total. The first-order chi connectivity index (χ1) is 15.5. The van der Waals surface area contributed by atoms with Crippen LogP contribution in [-0.2, 0) is 11.2 Å². The maximum absolute atomic E-state index is 13.9. The van der Waals surface area contributed by atoms with Crippen LogP contribution >= 0.6 is 12.4 Å². The molecule has 0 aliphatic carbocycles. The number of benzene rings is 1. The van der Waals surface area contributed by atoms with Crippen LogP contribution in [-0.4, -0.2) is 67.8 Å².